The number of aromatic nitrogens is 1. The highest BCUT2D eigenvalue weighted by Gasteiger charge is 2.26. The first-order chi connectivity index (χ1) is 12.2. The van der Waals surface area contributed by atoms with E-state index in [9.17, 15) is 0 Å². The summed E-state index contributed by atoms with van der Waals surface area (Å²) in [7, 11) is 0. The van der Waals surface area contributed by atoms with Crippen molar-refractivity contribution in [1.29, 1.82) is 0 Å². The van der Waals surface area contributed by atoms with Gasteiger partial charge in [0.05, 0.1) is 21.6 Å². The molecule has 0 spiro atoms. The van der Waals surface area contributed by atoms with Gasteiger partial charge in [0, 0.05) is 37.8 Å². The standard InChI is InChI=1S/C20H19Cl2N3/c21-17-6-3-5-16(19(17)22)20(25-10-8-23-9-11-25)15-12-14-4-1-2-7-18(14)24-13-15/h1-7,12-13,20,23H,8-11H2. The van der Waals surface area contributed by atoms with Crippen molar-refractivity contribution >= 4 is 34.1 Å². The average Bonchev–Trinajstić information content (AvgIpc) is 2.66. The minimum absolute atomic E-state index is 0.0467. The van der Waals surface area contributed by atoms with Crippen LogP contribution in [-0.2, 0) is 0 Å². The summed E-state index contributed by atoms with van der Waals surface area (Å²) in [6, 6.07) is 16.3. The molecule has 0 bridgehead atoms. The Morgan fingerprint density at radius 3 is 2.64 bits per heavy atom. The quantitative estimate of drug-likeness (QED) is 0.732. The number of hydrogen-bond acceptors (Lipinski definition) is 3. The van der Waals surface area contributed by atoms with Crippen LogP contribution in [0.1, 0.15) is 17.2 Å². The maximum Gasteiger partial charge on any atom is 0.0702 e. The molecule has 128 valence electrons. The molecule has 4 rings (SSSR count). The lowest BCUT2D eigenvalue weighted by atomic mass is 9.96. The van der Waals surface area contributed by atoms with Gasteiger partial charge in [0.15, 0.2) is 0 Å². The van der Waals surface area contributed by atoms with Gasteiger partial charge in [-0.25, -0.2) is 0 Å². The number of para-hydroxylation sites is 1. The normalized spacial score (nSPS) is 16.9. The van der Waals surface area contributed by atoms with E-state index in [0.29, 0.717) is 10.0 Å². The molecular formula is C20H19Cl2N3. The zero-order chi connectivity index (χ0) is 17.2. The van der Waals surface area contributed by atoms with E-state index in [4.69, 9.17) is 23.2 Å². The molecule has 3 nitrogen and oxygen atoms in total. The molecule has 1 N–H and O–H groups in total. The van der Waals surface area contributed by atoms with Crippen LogP contribution in [0.5, 0.6) is 0 Å². The molecule has 0 aliphatic carbocycles. The number of rotatable bonds is 3. The van der Waals surface area contributed by atoms with E-state index in [-0.39, 0.29) is 6.04 Å². The van der Waals surface area contributed by atoms with Crippen LogP contribution in [0, 0.1) is 0 Å². The third-order valence-electron chi connectivity index (χ3n) is 4.72. The summed E-state index contributed by atoms with van der Waals surface area (Å²) >= 11 is 12.9. The number of nitrogens with one attached hydrogen (secondary N) is 1. The first-order valence-corrected chi connectivity index (χ1v) is 9.23. The Labute approximate surface area is 157 Å². The monoisotopic (exact) mass is 371 g/mol. The highest BCUT2D eigenvalue weighted by atomic mass is 35.5. The molecule has 1 aromatic heterocycles. The first kappa shape index (κ1) is 16.8. The third-order valence-corrected chi connectivity index (χ3v) is 5.55. The maximum atomic E-state index is 6.58. The maximum absolute atomic E-state index is 6.58. The van der Waals surface area contributed by atoms with Crippen molar-refractivity contribution in [3.63, 3.8) is 0 Å². The van der Waals surface area contributed by atoms with E-state index >= 15 is 0 Å². The molecular weight excluding hydrogens is 353 g/mol. The SMILES string of the molecule is Clc1cccc(C(c2cnc3ccccc3c2)N2CCNCC2)c1Cl. The van der Waals surface area contributed by atoms with Crippen LogP contribution in [0.25, 0.3) is 10.9 Å². The summed E-state index contributed by atoms with van der Waals surface area (Å²) in [6.45, 7) is 3.85. The highest BCUT2D eigenvalue weighted by Crippen LogP contribution is 2.37. The summed E-state index contributed by atoms with van der Waals surface area (Å²) in [5.41, 5.74) is 3.18. The van der Waals surface area contributed by atoms with Gasteiger partial charge in [-0.2, -0.15) is 0 Å². The van der Waals surface area contributed by atoms with Gasteiger partial charge in [0.2, 0.25) is 0 Å². The van der Waals surface area contributed by atoms with Crippen LogP contribution in [-0.4, -0.2) is 36.1 Å². The van der Waals surface area contributed by atoms with E-state index in [1.807, 2.05) is 36.5 Å². The van der Waals surface area contributed by atoms with E-state index in [1.165, 1.54) is 0 Å². The molecule has 1 saturated heterocycles. The summed E-state index contributed by atoms with van der Waals surface area (Å²) in [6.07, 6.45) is 1.96. The number of fused-ring (bicyclic) bond motifs is 1. The number of hydrogen-bond donors (Lipinski definition) is 1. The van der Waals surface area contributed by atoms with Crippen LogP contribution < -0.4 is 5.32 Å². The zero-order valence-electron chi connectivity index (χ0n) is 13.8. The Balaban J connectivity index is 1.85. The van der Waals surface area contributed by atoms with Crippen LogP contribution in [0.2, 0.25) is 10.0 Å². The molecule has 1 unspecified atom stereocenters. The lowest BCUT2D eigenvalue weighted by Crippen LogP contribution is -2.45. The van der Waals surface area contributed by atoms with Gasteiger partial charge in [-0.3, -0.25) is 9.88 Å². The molecule has 1 atom stereocenters. The summed E-state index contributed by atoms with van der Waals surface area (Å²) in [5.74, 6) is 0. The highest BCUT2D eigenvalue weighted by molar-refractivity contribution is 6.42. The van der Waals surface area contributed by atoms with Gasteiger partial charge in [0.25, 0.3) is 0 Å². The fourth-order valence-corrected chi connectivity index (χ4v) is 3.91. The molecule has 0 saturated carbocycles. The number of piperazine rings is 1. The molecule has 1 aliphatic rings. The van der Waals surface area contributed by atoms with Gasteiger partial charge >= 0.3 is 0 Å². The molecule has 5 heteroatoms. The number of nitrogens with zero attached hydrogens (tertiary/aromatic N) is 2. The predicted molar refractivity (Wildman–Crippen MR) is 104 cm³/mol. The van der Waals surface area contributed by atoms with Crippen LogP contribution in [0.4, 0.5) is 0 Å². The summed E-state index contributed by atoms with van der Waals surface area (Å²) in [5, 5.41) is 5.77. The Kier molecular flexibility index (Phi) is 4.91. The first-order valence-electron chi connectivity index (χ1n) is 8.47. The van der Waals surface area contributed by atoms with Gasteiger partial charge in [0.1, 0.15) is 0 Å². The van der Waals surface area contributed by atoms with Crippen LogP contribution >= 0.6 is 23.2 Å². The summed E-state index contributed by atoms with van der Waals surface area (Å²) in [4.78, 5) is 7.10. The average molecular weight is 372 g/mol. The molecule has 3 aromatic rings. The van der Waals surface area contributed by atoms with Gasteiger partial charge < -0.3 is 5.32 Å². The van der Waals surface area contributed by atoms with E-state index < -0.39 is 0 Å². The predicted octanol–water partition coefficient (Wildman–Crippen LogP) is 4.54. The number of benzene rings is 2. The molecule has 1 aliphatic heterocycles. The van der Waals surface area contributed by atoms with Gasteiger partial charge in [-0.15, -0.1) is 0 Å². The molecule has 1 fully saturated rings. The lowest BCUT2D eigenvalue weighted by Gasteiger charge is -2.36. The minimum atomic E-state index is 0.0467. The molecule has 25 heavy (non-hydrogen) atoms. The Morgan fingerprint density at radius 2 is 1.80 bits per heavy atom. The van der Waals surface area contributed by atoms with Crippen molar-refractivity contribution in [3.8, 4) is 0 Å². The van der Waals surface area contributed by atoms with E-state index in [0.717, 1.165) is 48.2 Å². The topological polar surface area (TPSA) is 28.2 Å². The van der Waals surface area contributed by atoms with Gasteiger partial charge in [-0.05, 0) is 29.3 Å². The van der Waals surface area contributed by atoms with E-state index in [2.05, 4.69) is 33.4 Å². The second-order valence-corrected chi connectivity index (χ2v) is 7.08. The Morgan fingerprint density at radius 1 is 1.00 bits per heavy atom. The smallest absolute Gasteiger partial charge is 0.0702 e. The zero-order valence-corrected chi connectivity index (χ0v) is 15.3. The second kappa shape index (κ2) is 7.30. The summed E-state index contributed by atoms with van der Waals surface area (Å²) < 4.78 is 0. The molecule has 2 aromatic carbocycles. The molecule has 0 amide bonds. The Hall–Kier alpha value is -1.65. The number of halogens is 2. The fraction of sp³-hybridized carbons (Fsp3) is 0.250. The van der Waals surface area contributed by atoms with Gasteiger partial charge in [-0.1, -0.05) is 53.5 Å². The van der Waals surface area contributed by atoms with Crippen molar-refractivity contribution in [1.82, 2.24) is 15.2 Å². The second-order valence-electron chi connectivity index (χ2n) is 6.29. The number of pyridine rings is 1. The van der Waals surface area contributed by atoms with Crippen LogP contribution in [0.3, 0.4) is 0 Å². The van der Waals surface area contributed by atoms with Crippen molar-refractivity contribution < 1.29 is 0 Å². The van der Waals surface area contributed by atoms with Crippen molar-refractivity contribution in [2.75, 3.05) is 26.2 Å². The van der Waals surface area contributed by atoms with Crippen molar-refractivity contribution in [3.05, 3.63) is 75.9 Å². The molecule has 2 heterocycles. The Bertz CT molecular complexity index is 891. The molecule has 0 radical (unpaired) electrons. The van der Waals surface area contributed by atoms with E-state index in [1.54, 1.807) is 0 Å². The van der Waals surface area contributed by atoms with Crippen molar-refractivity contribution in [2.45, 2.75) is 6.04 Å². The largest absolute Gasteiger partial charge is 0.314 e. The van der Waals surface area contributed by atoms with Crippen LogP contribution in [0.15, 0.2) is 54.7 Å². The van der Waals surface area contributed by atoms with Crippen molar-refractivity contribution in [2.24, 2.45) is 0 Å². The minimum Gasteiger partial charge on any atom is -0.314 e. The lowest BCUT2D eigenvalue weighted by molar-refractivity contribution is 0.198. The fourth-order valence-electron chi connectivity index (χ4n) is 3.50. The third kappa shape index (κ3) is 3.38.